The van der Waals surface area contributed by atoms with Crippen LogP contribution in [0.4, 0.5) is 10.1 Å². The van der Waals surface area contributed by atoms with E-state index in [1.165, 1.54) is 16.7 Å². The van der Waals surface area contributed by atoms with E-state index in [-0.39, 0.29) is 23.4 Å². The van der Waals surface area contributed by atoms with Gasteiger partial charge in [-0.3, -0.25) is 9.59 Å². The summed E-state index contributed by atoms with van der Waals surface area (Å²) < 4.78 is 16.9. The predicted octanol–water partition coefficient (Wildman–Crippen LogP) is 1.99. The Balaban J connectivity index is 1.82. The molecule has 120 valence electrons. The minimum Gasteiger partial charge on any atom is -0.338 e. The number of aryl methyl sites for hydroxylation is 1. The predicted molar refractivity (Wildman–Crippen MR) is 86.9 cm³/mol. The Morgan fingerprint density at radius 2 is 2.08 bits per heavy atom. The van der Waals surface area contributed by atoms with Gasteiger partial charge in [0, 0.05) is 19.4 Å². The van der Waals surface area contributed by atoms with Crippen LogP contribution in [0.2, 0.25) is 0 Å². The van der Waals surface area contributed by atoms with Crippen LogP contribution in [0.15, 0.2) is 47.5 Å². The quantitative estimate of drug-likeness (QED) is 0.800. The van der Waals surface area contributed by atoms with Crippen molar-refractivity contribution in [2.45, 2.75) is 6.54 Å². The number of rotatable bonds is 3. The molecular weight excluding hydrogens is 311 g/mol. The molecule has 1 N–H and O–H groups in total. The molecule has 24 heavy (non-hydrogen) atoms. The SMILES string of the molecule is Cn1ccc2c(ccn2CC(=O)Nc2ccc(C#N)cc2F)c1=O. The van der Waals surface area contributed by atoms with E-state index in [1.807, 2.05) is 6.07 Å². The molecule has 0 spiro atoms. The van der Waals surface area contributed by atoms with Gasteiger partial charge in [-0.1, -0.05) is 0 Å². The smallest absolute Gasteiger partial charge is 0.259 e. The monoisotopic (exact) mass is 324 g/mol. The molecule has 0 aliphatic heterocycles. The third-order valence-corrected chi connectivity index (χ3v) is 3.70. The Bertz CT molecular complexity index is 1040. The lowest BCUT2D eigenvalue weighted by molar-refractivity contribution is -0.116. The van der Waals surface area contributed by atoms with E-state index < -0.39 is 11.7 Å². The average molecular weight is 324 g/mol. The summed E-state index contributed by atoms with van der Waals surface area (Å²) in [7, 11) is 1.65. The fourth-order valence-corrected chi connectivity index (χ4v) is 2.46. The molecule has 0 atom stereocenters. The van der Waals surface area contributed by atoms with Crippen molar-refractivity contribution in [3.8, 4) is 6.07 Å². The normalized spacial score (nSPS) is 10.5. The minimum absolute atomic E-state index is 0.00590. The zero-order chi connectivity index (χ0) is 17.3. The van der Waals surface area contributed by atoms with Crippen LogP contribution in [-0.4, -0.2) is 15.0 Å². The first-order valence-electron chi connectivity index (χ1n) is 7.13. The van der Waals surface area contributed by atoms with Crippen molar-refractivity contribution in [2.75, 3.05) is 5.32 Å². The minimum atomic E-state index is -0.673. The Labute approximate surface area is 136 Å². The standard InChI is InChI=1S/C17H13FN4O2/c1-21-6-5-15-12(17(21)24)4-7-22(15)10-16(23)20-14-3-2-11(9-19)8-13(14)18/h2-8H,10H2,1H3,(H,20,23). The van der Waals surface area contributed by atoms with E-state index in [1.54, 1.807) is 36.1 Å². The largest absolute Gasteiger partial charge is 0.338 e. The summed E-state index contributed by atoms with van der Waals surface area (Å²) >= 11 is 0. The van der Waals surface area contributed by atoms with E-state index in [9.17, 15) is 14.0 Å². The van der Waals surface area contributed by atoms with Crippen LogP contribution in [0.3, 0.4) is 0 Å². The Hall–Kier alpha value is -3.40. The molecule has 0 bridgehead atoms. The Morgan fingerprint density at radius 3 is 2.79 bits per heavy atom. The van der Waals surface area contributed by atoms with Gasteiger partial charge in [0.2, 0.25) is 5.91 Å². The van der Waals surface area contributed by atoms with Gasteiger partial charge in [0.1, 0.15) is 12.4 Å². The Morgan fingerprint density at radius 1 is 1.29 bits per heavy atom. The van der Waals surface area contributed by atoms with Gasteiger partial charge in [-0.05, 0) is 30.3 Å². The molecule has 7 heteroatoms. The fraction of sp³-hybridized carbons (Fsp3) is 0.118. The van der Waals surface area contributed by atoms with Gasteiger partial charge >= 0.3 is 0 Å². The number of pyridine rings is 1. The molecule has 0 aliphatic rings. The number of aromatic nitrogens is 2. The fourth-order valence-electron chi connectivity index (χ4n) is 2.46. The van der Waals surface area contributed by atoms with Crippen LogP contribution in [0.5, 0.6) is 0 Å². The van der Waals surface area contributed by atoms with Gasteiger partial charge < -0.3 is 14.5 Å². The highest BCUT2D eigenvalue weighted by molar-refractivity contribution is 5.92. The lowest BCUT2D eigenvalue weighted by Gasteiger charge is -2.08. The van der Waals surface area contributed by atoms with Crippen LogP contribution in [0.1, 0.15) is 5.56 Å². The van der Waals surface area contributed by atoms with E-state index in [2.05, 4.69) is 5.32 Å². The number of amides is 1. The number of benzene rings is 1. The van der Waals surface area contributed by atoms with Crippen LogP contribution in [-0.2, 0) is 18.4 Å². The summed E-state index contributed by atoms with van der Waals surface area (Å²) in [5.41, 5.74) is 0.669. The van der Waals surface area contributed by atoms with E-state index in [4.69, 9.17) is 5.26 Å². The first-order chi connectivity index (χ1) is 11.5. The molecule has 3 rings (SSSR count). The van der Waals surface area contributed by atoms with Crippen molar-refractivity contribution in [3.63, 3.8) is 0 Å². The van der Waals surface area contributed by atoms with Crippen molar-refractivity contribution in [2.24, 2.45) is 7.05 Å². The van der Waals surface area contributed by atoms with Crippen LogP contribution < -0.4 is 10.9 Å². The second-order valence-corrected chi connectivity index (χ2v) is 5.33. The summed E-state index contributed by atoms with van der Waals surface area (Å²) in [5.74, 6) is -1.11. The van der Waals surface area contributed by atoms with Crippen LogP contribution in [0, 0.1) is 17.1 Å². The lowest BCUT2D eigenvalue weighted by atomic mass is 10.2. The molecule has 3 aromatic rings. The highest BCUT2D eigenvalue weighted by atomic mass is 19.1. The third-order valence-electron chi connectivity index (χ3n) is 3.70. The summed E-state index contributed by atoms with van der Waals surface area (Å²) in [6.07, 6.45) is 3.26. The number of carbonyl (C=O) groups excluding carboxylic acids is 1. The first-order valence-corrected chi connectivity index (χ1v) is 7.13. The molecule has 0 saturated carbocycles. The van der Waals surface area contributed by atoms with Crippen LogP contribution in [0.25, 0.3) is 10.9 Å². The highest BCUT2D eigenvalue weighted by Crippen LogP contribution is 2.16. The number of nitrogens with one attached hydrogen (secondary N) is 1. The average Bonchev–Trinajstić information content (AvgIpc) is 2.96. The molecule has 1 amide bonds. The van der Waals surface area contributed by atoms with Crippen molar-refractivity contribution in [1.82, 2.24) is 9.13 Å². The van der Waals surface area contributed by atoms with Crippen LogP contribution >= 0.6 is 0 Å². The zero-order valence-electron chi connectivity index (χ0n) is 12.8. The molecular formula is C17H13FN4O2. The number of anilines is 1. The van der Waals surface area contributed by atoms with Gasteiger partial charge in [0.05, 0.1) is 28.2 Å². The molecule has 0 fully saturated rings. The van der Waals surface area contributed by atoms with Crippen molar-refractivity contribution in [3.05, 3.63) is 64.5 Å². The number of hydrogen-bond acceptors (Lipinski definition) is 3. The molecule has 0 radical (unpaired) electrons. The second-order valence-electron chi connectivity index (χ2n) is 5.33. The van der Waals surface area contributed by atoms with E-state index in [0.29, 0.717) is 10.9 Å². The topological polar surface area (TPSA) is 79.8 Å². The number of fused-ring (bicyclic) bond motifs is 1. The second kappa shape index (κ2) is 6.01. The van der Waals surface area contributed by atoms with Gasteiger partial charge in [-0.25, -0.2) is 4.39 Å². The molecule has 2 aromatic heterocycles. The van der Waals surface area contributed by atoms with Gasteiger partial charge in [0.25, 0.3) is 5.56 Å². The maximum absolute atomic E-state index is 13.8. The number of nitriles is 1. The molecule has 0 saturated heterocycles. The number of carbonyl (C=O) groups is 1. The van der Waals surface area contributed by atoms with E-state index in [0.717, 1.165) is 6.07 Å². The highest BCUT2D eigenvalue weighted by Gasteiger charge is 2.11. The summed E-state index contributed by atoms with van der Waals surface area (Å²) in [4.78, 5) is 24.1. The third kappa shape index (κ3) is 2.77. The molecule has 1 aromatic carbocycles. The van der Waals surface area contributed by atoms with Crippen molar-refractivity contribution >= 4 is 22.5 Å². The molecule has 0 aliphatic carbocycles. The van der Waals surface area contributed by atoms with Gasteiger partial charge in [-0.2, -0.15) is 5.26 Å². The van der Waals surface area contributed by atoms with Gasteiger partial charge in [-0.15, -0.1) is 0 Å². The van der Waals surface area contributed by atoms with Gasteiger partial charge in [0.15, 0.2) is 0 Å². The van der Waals surface area contributed by atoms with Crippen molar-refractivity contribution in [1.29, 1.82) is 5.26 Å². The number of hydrogen-bond donors (Lipinski definition) is 1. The summed E-state index contributed by atoms with van der Waals surface area (Å²) in [6.45, 7) is -0.0594. The lowest BCUT2D eigenvalue weighted by Crippen LogP contribution is -2.20. The Kier molecular flexibility index (Phi) is 3.88. The zero-order valence-corrected chi connectivity index (χ0v) is 12.8. The molecule has 2 heterocycles. The first kappa shape index (κ1) is 15.5. The van der Waals surface area contributed by atoms with E-state index >= 15 is 0 Å². The summed E-state index contributed by atoms with van der Waals surface area (Å²) in [5, 5.41) is 11.7. The number of halogens is 1. The van der Waals surface area contributed by atoms with Crippen molar-refractivity contribution < 1.29 is 9.18 Å². The summed E-state index contributed by atoms with van der Waals surface area (Å²) in [6, 6.07) is 9.04. The number of nitrogens with zero attached hydrogens (tertiary/aromatic N) is 3. The molecule has 6 nitrogen and oxygen atoms in total. The maximum Gasteiger partial charge on any atom is 0.259 e. The molecule has 0 unspecified atom stereocenters. The maximum atomic E-state index is 13.8.